The molecule has 0 aromatic heterocycles. The first-order valence-electron chi connectivity index (χ1n) is 10.5. The summed E-state index contributed by atoms with van der Waals surface area (Å²) < 4.78 is 83.5. The minimum atomic E-state index is -5.97. The van der Waals surface area contributed by atoms with Gasteiger partial charge in [-0.1, -0.05) is 25.1 Å². The molecule has 0 N–H and O–H groups in total. The molecule has 0 fully saturated rings. The summed E-state index contributed by atoms with van der Waals surface area (Å²) in [4.78, 5) is 12.3. The lowest BCUT2D eigenvalue weighted by Gasteiger charge is -2.22. The van der Waals surface area contributed by atoms with Crippen LogP contribution in [0.25, 0.3) is 11.1 Å². The van der Waals surface area contributed by atoms with Crippen LogP contribution in [0.1, 0.15) is 41.7 Å². The van der Waals surface area contributed by atoms with Crippen LogP contribution >= 0.6 is 0 Å². The maximum absolute atomic E-state index is 13.1. The maximum atomic E-state index is 13.1. The average molecular weight is 503 g/mol. The fourth-order valence-corrected chi connectivity index (χ4v) is 4.07. The van der Waals surface area contributed by atoms with E-state index in [1.54, 1.807) is 25.1 Å². The van der Waals surface area contributed by atoms with Crippen molar-refractivity contribution in [3.8, 4) is 16.9 Å². The number of halogens is 3. The Bertz CT molecular complexity index is 1160. The molecular weight excluding hydrogens is 477 g/mol. The molecule has 0 spiro atoms. The van der Waals surface area contributed by atoms with Crippen LogP contribution in [-0.4, -0.2) is 40.2 Å². The van der Waals surface area contributed by atoms with E-state index < -0.39 is 33.4 Å². The maximum Gasteiger partial charge on any atom is 0.534 e. The molecule has 0 radical (unpaired) electrons. The predicted octanol–water partition coefficient (Wildman–Crippen LogP) is 4.60. The van der Waals surface area contributed by atoms with Crippen LogP contribution in [0.5, 0.6) is 5.75 Å². The van der Waals surface area contributed by atoms with Gasteiger partial charge < -0.3 is 18.4 Å². The lowest BCUT2D eigenvalue weighted by atomic mass is 9.93. The standard InChI is InChI=1S/C23H25F3O7S/c1-4-8-32-21(22(27)30-3)18-12-20(33-34(28,29)23(24,25)26)19(10-14(18)2)16-5-6-17-13-31-9-7-15(17)11-16/h5-6,10-12,21H,4,7-9,13H2,1-3H3. The number of carbonyl (C=O) groups is 1. The van der Waals surface area contributed by atoms with Gasteiger partial charge in [-0.25, -0.2) is 4.79 Å². The number of hydrogen-bond donors (Lipinski definition) is 0. The van der Waals surface area contributed by atoms with Gasteiger partial charge in [-0.15, -0.1) is 0 Å². The van der Waals surface area contributed by atoms with Crippen LogP contribution < -0.4 is 4.18 Å². The Morgan fingerprint density at radius 1 is 1.18 bits per heavy atom. The lowest BCUT2D eigenvalue weighted by molar-refractivity contribution is -0.154. The SMILES string of the molecule is CCCOC(C(=O)OC)c1cc(OS(=O)(=O)C(F)(F)F)c(-c2ccc3c(c2)CCOC3)cc1C. The third kappa shape index (κ3) is 5.53. The van der Waals surface area contributed by atoms with Crippen LogP contribution in [-0.2, 0) is 42.2 Å². The summed E-state index contributed by atoms with van der Waals surface area (Å²) in [6.07, 6.45) is -0.0995. The van der Waals surface area contributed by atoms with E-state index in [0.29, 0.717) is 37.2 Å². The smallest absolute Gasteiger partial charge is 0.467 e. The van der Waals surface area contributed by atoms with Crippen LogP contribution in [0.4, 0.5) is 13.2 Å². The molecule has 34 heavy (non-hydrogen) atoms. The van der Waals surface area contributed by atoms with E-state index in [4.69, 9.17) is 14.2 Å². The van der Waals surface area contributed by atoms with Gasteiger partial charge >= 0.3 is 21.6 Å². The third-order valence-corrected chi connectivity index (χ3v) is 6.29. The topological polar surface area (TPSA) is 88.1 Å². The summed E-state index contributed by atoms with van der Waals surface area (Å²) in [5.41, 5.74) is -2.54. The van der Waals surface area contributed by atoms with Crippen molar-refractivity contribution in [2.75, 3.05) is 20.3 Å². The van der Waals surface area contributed by atoms with Crippen LogP contribution in [0.2, 0.25) is 0 Å². The zero-order valence-corrected chi connectivity index (χ0v) is 19.7. The van der Waals surface area contributed by atoms with Gasteiger partial charge in [0.15, 0.2) is 11.9 Å². The van der Waals surface area contributed by atoms with E-state index in [2.05, 4.69) is 4.18 Å². The second-order valence-corrected chi connectivity index (χ2v) is 9.29. The van der Waals surface area contributed by atoms with E-state index >= 15 is 0 Å². The van der Waals surface area contributed by atoms with Crippen molar-refractivity contribution < 1.29 is 44.8 Å². The van der Waals surface area contributed by atoms with Gasteiger partial charge in [0.1, 0.15) is 0 Å². The summed E-state index contributed by atoms with van der Waals surface area (Å²) in [7, 11) is -4.82. The molecule has 0 saturated carbocycles. The second-order valence-electron chi connectivity index (χ2n) is 7.75. The largest absolute Gasteiger partial charge is 0.534 e. The van der Waals surface area contributed by atoms with Crippen LogP contribution in [0.3, 0.4) is 0 Å². The molecule has 1 aliphatic rings. The molecule has 0 amide bonds. The van der Waals surface area contributed by atoms with E-state index in [-0.39, 0.29) is 17.7 Å². The number of carbonyl (C=O) groups excluding carboxylic acids is 1. The lowest BCUT2D eigenvalue weighted by Crippen LogP contribution is -2.28. The highest BCUT2D eigenvalue weighted by atomic mass is 32.2. The Hall–Kier alpha value is -2.63. The van der Waals surface area contributed by atoms with E-state index in [1.807, 2.05) is 6.92 Å². The molecule has 1 atom stereocenters. The van der Waals surface area contributed by atoms with Crippen molar-refractivity contribution in [1.82, 2.24) is 0 Å². The molecule has 1 heterocycles. The van der Waals surface area contributed by atoms with Crippen molar-refractivity contribution in [2.24, 2.45) is 0 Å². The normalized spacial score (nSPS) is 14.9. The Morgan fingerprint density at radius 2 is 1.91 bits per heavy atom. The molecule has 2 aromatic rings. The van der Waals surface area contributed by atoms with Gasteiger partial charge in [0.2, 0.25) is 0 Å². The van der Waals surface area contributed by atoms with E-state index in [1.165, 1.54) is 6.07 Å². The monoisotopic (exact) mass is 502 g/mol. The number of ether oxygens (including phenoxy) is 3. The molecule has 7 nitrogen and oxygen atoms in total. The third-order valence-electron chi connectivity index (χ3n) is 5.33. The summed E-state index contributed by atoms with van der Waals surface area (Å²) in [5.74, 6) is -1.35. The highest BCUT2D eigenvalue weighted by Crippen LogP contribution is 2.39. The minimum Gasteiger partial charge on any atom is -0.467 e. The summed E-state index contributed by atoms with van der Waals surface area (Å²) in [6.45, 7) is 4.53. The number of aryl methyl sites for hydroxylation is 1. The molecule has 0 saturated heterocycles. The first kappa shape index (κ1) is 26.0. The predicted molar refractivity (Wildman–Crippen MR) is 117 cm³/mol. The Balaban J connectivity index is 2.18. The number of fused-ring (bicyclic) bond motifs is 1. The summed E-state index contributed by atoms with van der Waals surface area (Å²) >= 11 is 0. The molecule has 1 aliphatic heterocycles. The number of hydrogen-bond acceptors (Lipinski definition) is 7. The second kappa shape index (κ2) is 10.3. The first-order valence-corrected chi connectivity index (χ1v) is 11.9. The molecule has 2 aromatic carbocycles. The summed E-state index contributed by atoms with van der Waals surface area (Å²) in [5, 5.41) is 0. The Kier molecular flexibility index (Phi) is 7.89. The summed E-state index contributed by atoms with van der Waals surface area (Å²) in [6, 6.07) is 7.76. The molecule has 0 bridgehead atoms. The number of esters is 1. The highest BCUT2D eigenvalue weighted by molar-refractivity contribution is 7.88. The number of alkyl halides is 3. The van der Waals surface area contributed by atoms with Gasteiger partial charge in [-0.2, -0.15) is 21.6 Å². The molecule has 0 aliphatic carbocycles. The minimum absolute atomic E-state index is 0.127. The van der Waals surface area contributed by atoms with Crippen molar-refractivity contribution in [2.45, 2.75) is 44.9 Å². The van der Waals surface area contributed by atoms with E-state index in [9.17, 15) is 26.4 Å². The zero-order valence-electron chi connectivity index (χ0n) is 18.9. The van der Waals surface area contributed by atoms with Crippen molar-refractivity contribution in [3.05, 3.63) is 52.6 Å². The van der Waals surface area contributed by atoms with Gasteiger partial charge in [-0.05, 0) is 59.7 Å². The Labute approximate surface area is 195 Å². The van der Waals surface area contributed by atoms with Gasteiger partial charge in [0, 0.05) is 12.2 Å². The van der Waals surface area contributed by atoms with Gasteiger partial charge in [0.05, 0.1) is 20.3 Å². The van der Waals surface area contributed by atoms with E-state index in [0.717, 1.165) is 24.3 Å². The fraction of sp³-hybridized carbons (Fsp3) is 0.435. The molecule has 3 rings (SSSR count). The molecular formula is C23H25F3O7S. The van der Waals surface area contributed by atoms with Crippen LogP contribution in [0, 0.1) is 6.92 Å². The first-order chi connectivity index (χ1) is 16.0. The molecule has 186 valence electrons. The highest BCUT2D eigenvalue weighted by Gasteiger charge is 2.49. The molecule has 11 heteroatoms. The van der Waals surface area contributed by atoms with Gasteiger partial charge in [-0.3, -0.25) is 0 Å². The zero-order chi connectivity index (χ0) is 25.1. The Morgan fingerprint density at radius 3 is 2.56 bits per heavy atom. The average Bonchev–Trinajstić information content (AvgIpc) is 2.79. The van der Waals surface area contributed by atoms with Crippen LogP contribution in [0.15, 0.2) is 30.3 Å². The van der Waals surface area contributed by atoms with Crippen molar-refractivity contribution in [1.29, 1.82) is 0 Å². The van der Waals surface area contributed by atoms with Crippen molar-refractivity contribution >= 4 is 16.1 Å². The quantitative estimate of drug-likeness (QED) is 0.296. The van der Waals surface area contributed by atoms with Gasteiger partial charge in [0.25, 0.3) is 0 Å². The number of benzene rings is 2. The van der Waals surface area contributed by atoms with Crippen molar-refractivity contribution in [3.63, 3.8) is 0 Å². The number of rotatable bonds is 8. The fourth-order valence-electron chi connectivity index (χ4n) is 3.61. The number of methoxy groups -OCH3 is 1. The molecule has 1 unspecified atom stereocenters.